The quantitative estimate of drug-likeness (QED) is 0.772. The van der Waals surface area contributed by atoms with Gasteiger partial charge in [-0.15, -0.1) is 11.3 Å². The molecule has 0 saturated carbocycles. The Morgan fingerprint density at radius 3 is 3.00 bits per heavy atom. The summed E-state index contributed by atoms with van der Waals surface area (Å²) in [5.74, 6) is -0.995. The molecular weight excluding hydrogens is 282 g/mol. The highest BCUT2D eigenvalue weighted by atomic mass is 32.1. The first kappa shape index (κ1) is 12.1. The van der Waals surface area contributed by atoms with Gasteiger partial charge in [-0.2, -0.15) is 4.37 Å². The Morgan fingerprint density at radius 2 is 2.21 bits per heavy atom. The second-order valence-electron chi connectivity index (χ2n) is 3.81. The average Bonchev–Trinajstić information content (AvgIpc) is 3.03. The van der Waals surface area contributed by atoms with Gasteiger partial charge < -0.3 is 10.4 Å². The Labute approximate surface area is 116 Å². The van der Waals surface area contributed by atoms with Gasteiger partial charge in [0.05, 0.1) is 12.1 Å². The summed E-state index contributed by atoms with van der Waals surface area (Å²) < 4.78 is 4.33. The summed E-state index contributed by atoms with van der Waals surface area (Å²) >= 11 is 2.73. The van der Waals surface area contributed by atoms with E-state index in [2.05, 4.69) is 14.7 Å². The average molecular weight is 291 g/mol. The topological polar surface area (TPSA) is 75.1 Å². The fourth-order valence-corrected chi connectivity index (χ4v) is 3.13. The number of hydrogen-bond acceptors (Lipinski definition) is 6. The highest BCUT2D eigenvalue weighted by Gasteiger charge is 2.09. The van der Waals surface area contributed by atoms with Gasteiger partial charge in [0, 0.05) is 10.8 Å². The Hall–Kier alpha value is -1.99. The largest absolute Gasteiger partial charge is 0.476 e. The molecule has 0 aliphatic rings. The third-order valence-electron chi connectivity index (χ3n) is 2.55. The fraction of sp³-hybridized carbons (Fsp3) is 0.0833. The second kappa shape index (κ2) is 4.94. The molecule has 0 aliphatic heterocycles. The summed E-state index contributed by atoms with van der Waals surface area (Å²) in [6, 6.07) is 7.88. The molecule has 0 fully saturated rings. The van der Waals surface area contributed by atoms with Crippen molar-refractivity contribution in [2.75, 3.05) is 5.32 Å². The Morgan fingerprint density at radius 1 is 1.37 bits per heavy atom. The third-order valence-corrected chi connectivity index (χ3v) is 4.24. The summed E-state index contributed by atoms with van der Waals surface area (Å²) in [7, 11) is 0. The molecule has 5 nitrogen and oxygen atoms in total. The van der Waals surface area contributed by atoms with Crippen molar-refractivity contribution >= 4 is 44.7 Å². The maximum Gasteiger partial charge on any atom is 0.355 e. The summed E-state index contributed by atoms with van der Waals surface area (Å²) in [4.78, 5) is 14.8. The number of nitrogens with one attached hydrogen (secondary N) is 1. The minimum absolute atomic E-state index is 0.0935. The Bertz CT molecular complexity index is 735. The monoisotopic (exact) mass is 291 g/mol. The normalized spacial score (nSPS) is 10.7. The molecule has 0 atom stereocenters. The van der Waals surface area contributed by atoms with Crippen molar-refractivity contribution in [1.82, 2.24) is 9.36 Å². The lowest BCUT2D eigenvalue weighted by Crippen LogP contribution is -2.00. The lowest BCUT2D eigenvalue weighted by atomic mass is 10.2. The number of thiazole rings is 1. The van der Waals surface area contributed by atoms with E-state index in [1.165, 1.54) is 22.9 Å². The van der Waals surface area contributed by atoms with Crippen LogP contribution in [0.15, 0.2) is 29.6 Å². The Kier molecular flexibility index (Phi) is 3.14. The molecule has 2 heterocycles. The van der Waals surface area contributed by atoms with Gasteiger partial charge in [-0.25, -0.2) is 9.78 Å². The first-order valence-corrected chi connectivity index (χ1v) is 7.15. The number of carboxylic acids is 1. The molecule has 0 unspecified atom stereocenters. The number of fused-ring (bicyclic) bond motifs is 1. The number of aromatic nitrogens is 2. The van der Waals surface area contributed by atoms with E-state index in [4.69, 9.17) is 5.11 Å². The zero-order chi connectivity index (χ0) is 13.2. The molecule has 3 aromatic rings. The van der Waals surface area contributed by atoms with Crippen LogP contribution < -0.4 is 5.32 Å². The smallest absolute Gasteiger partial charge is 0.355 e. The molecule has 2 N–H and O–H groups in total. The van der Waals surface area contributed by atoms with Crippen LogP contribution in [0.4, 0.5) is 5.00 Å². The summed E-state index contributed by atoms with van der Waals surface area (Å²) in [5, 5.41) is 16.4. The van der Waals surface area contributed by atoms with Gasteiger partial charge in [0.15, 0.2) is 5.69 Å². The molecule has 0 amide bonds. The van der Waals surface area contributed by atoms with Gasteiger partial charge in [0.1, 0.15) is 10.0 Å². The van der Waals surface area contributed by atoms with Gasteiger partial charge in [-0.05, 0) is 23.7 Å². The van der Waals surface area contributed by atoms with E-state index in [0.29, 0.717) is 6.54 Å². The first-order chi connectivity index (χ1) is 9.24. The van der Waals surface area contributed by atoms with E-state index >= 15 is 0 Å². The van der Waals surface area contributed by atoms with E-state index in [-0.39, 0.29) is 5.69 Å². The van der Waals surface area contributed by atoms with Crippen LogP contribution in [0.25, 0.3) is 10.9 Å². The predicted octanol–water partition coefficient (Wildman–Crippen LogP) is 3.06. The van der Waals surface area contributed by atoms with E-state index < -0.39 is 5.97 Å². The minimum atomic E-state index is -0.995. The molecule has 96 valence electrons. The number of benzene rings is 1. The molecular formula is C12H9N3O2S2. The number of hydrogen-bond donors (Lipinski definition) is 2. The molecule has 1 aromatic carbocycles. The van der Waals surface area contributed by atoms with Crippen molar-refractivity contribution in [3.8, 4) is 0 Å². The number of nitrogens with zero attached hydrogens (tertiary/aromatic N) is 2. The van der Waals surface area contributed by atoms with E-state index in [1.807, 2.05) is 24.3 Å². The van der Waals surface area contributed by atoms with E-state index in [0.717, 1.165) is 20.9 Å². The number of aromatic carboxylic acids is 1. The zero-order valence-electron chi connectivity index (χ0n) is 9.66. The third kappa shape index (κ3) is 2.42. The molecule has 19 heavy (non-hydrogen) atoms. The number of rotatable bonds is 4. The van der Waals surface area contributed by atoms with Crippen LogP contribution >= 0.6 is 22.9 Å². The van der Waals surface area contributed by atoms with Crippen molar-refractivity contribution in [1.29, 1.82) is 0 Å². The lowest BCUT2D eigenvalue weighted by Gasteiger charge is -2.00. The highest BCUT2D eigenvalue weighted by molar-refractivity contribution is 7.12. The second-order valence-corrected chi connectivity index (χ2v) is 5.53. The van der Waals surface area contributed by atoms with Crippen molar-refractivity contribution < 1.29 is 9.90 Å². The molecule has 2 aromatic heterocycles. The van der Waals surface area contributed by atoms with Crippen LogP contribution in [0.5, 0.6) is 0 Å². The predicted molar refractivity (Wildman–Crippen MR) is 76.0 cm³/mol. The van der Waals surface area contributed by atoms with Crippen molar-refractivity contribution in [2.45, 2.75) is 6.54 Å². The van der Waals surface area contributed by atoms with Crippen LogP contribution in [-0.2, 0) is 6.54 Å². The van der Waals surface area contributed by atoms with Gasteiger partial charge in [-0.3, -0.25) is 0 Å². The van der Waals surface area contributed by atoms with Crippen LogP contribution in [-0.4, -0.2) is 20.4 Å². The van der Waals surface area contributed by atoms with Gasteiger partial charge in [-0.1, -0.05) is 12.1 Å². The molecule has 0 aliphatic carbocycles. The summed E-state index contributed by atoms with van der Waals surface area (Å²) in [6.45, 7) is 0.504. The first-order valence-electron chi connectivity index (χ1n) is 5.50. The van der Waals surface area contributed by atoms with Crippen molar-refractivity contribution in [3.05, 3.63) is 40.3 Å². The summed E-state index contributed by atoms with van der Waals surface area (Å²) in [5.41, 5.74) is 1.05. The standard InChI is InChI=1S/C12H9N3O2S2/c16-12(17)9-6-18-10(14-9)5-13-11-7-3-1-2-4-8(7)15-19-11/h1-4,6,13H,5H2,(H,16,17). The molecule has 0 saturated heterocycles. The number of anilines is 1. The minimum Gasteiger partial charge on any atom is -0.476 e. The number of carbonyl (C=O) groups is 1. The molecule has 0 radical (unpaired) electrons. The van der Waals surface area contributed by atoms with Crippen LogP contribution in [0.3, 0.4) is 0 Å². The highest BCUT2D eigenvalue weighted by Crippen LogP contribution is 2.27. The van der Waals surface area contributed by atoms with E-state index in [1.54, 1.807) is 5.38 Å². The number of carboxylic acid groups (broad SMARTS) is 1. The maximum atomic E-state index is 10.7. The van der Waals surface area contributed by atoms with E-state index in [9.17, 15) is 4.79 Å². The molecule has 0 bridgehead atoms. The maximum absolute atomic E-state index is 10.7. The summed E-state index contributed by atoms with van der Waals surface area (Å²) in [6.07, 6.45) is 0. The molecule has 0 spiro atoms. The fourth-order valence-electron chi connectivity index (χ4n) is 1.66. The zero-order valence-corrected chi connectivity index (χ0v) is 11.3. The van der Waals surface area contributed by atoms with Crippen molar-refractivity contribution in [3.63, 3.8) is 0 Å². The van der Waals surface area contributed by atoms with Crippen LogP contribution in [0.2, 0.25) is 0 Å². The van der Waals surface area contributed by atoms with Gasteiger partial charge in [0.25, 0.3) is 0 Å². The lowest BCUT2D eigenvalue weighted by molar-refractivity contribution is 0.0691. The van der Waals surface area contributed by atoms with Crippen LogP contribution in [0.1, 0.15) is 15.5 Å². The van der Waals surface area contributed by atoms with Gasteiger partial charge >= 0.3 is 5.97 Å². The Balaban J connectivity index is 1.76. The van der Waals surface area contributed by atoms with Crippen molar-refractivity contribution in [2.24, 2.45) is 0 Å². The molecule has 7 heteroatoms. The SMILES string of the molecule is O=C(O)c1csc(CNc2snc3ccccc23)n1. The van der Waals surface area contributed by atoms with Gasteiger partial charge in [0.2, 0.25) is 0 Å². The van der Waals surface area contributed by atoms with Crippen LogP contribution in [0, 0.1) is 0 Å². The molecule has 3 rings (SSSR count).